The van der Waals surface area contributed by atoms with Gasteiger partial charge in [-0.25, -0.2) is 0 Å². The Kier molecular flexibility index (Phi) is 11.2. The summed E-state index contributed by atoms with van der Waals surface area (Å²) in [6.45, 7) is 9.18. The Balaban J connectivity index is 2.25. The van der Waals surface area contributed by atoms with Crippen LogP contribution < -0.4 is 14.8 Å². The van der Waals surface area contributed by atoms with Crippen LogP contribution in [0.25, 0.3) is 0 Å². The van der Waals surface area contributed by atoms with Crippen molar-refractivity contribution in [2.45, 2.75) is 40.0 Å². The lowest BCUT2D eigenvalue weighted by Crippen LogP contribution is -2.17. The van der Waals surface area contributed by atoms with E-state index in [-0.39, 0.29) is 0 Å². The molecule has 0 radical (unpaired) electrons. The lowest BCUT2D eigenvalue weighted by molar-refractivity contribution is 0.214. The van der Waals surface area contributed by atoms with Crippen LogP contribution in [-0.2, 0) is 4.84 Å². The molecule has 0 aliphatic rings. The van der Waals surface area contributed by atoms with E-state index in [1.807, 2.05) is 31.2 Å². The predicted molar refractivity (Wildman–Crippen MR) is 104 cm³/mol. The molecule has 1 rings (SSSR count). The van der Waals surface area contributed by atoms with Crippen molar-refractivity contribution in [3.05, 3.63) is 35.4 Å². The minimum Gasteiger partial charge on any atom is -0.493 e. The monoisotopic (exact) mass is 348 g/mol. The second kappa shape index (κ2) is 13.3. The summed E-state index contributed by atoms with van der Waals surface area (Å²) in [5.41, 5.74) is 2.24. The Bertz CT molecular complexity index is 519. The molecule has 25 heavy (non-hydrogen) atoms. The molecular formula is C20H32N2O3. The van der Waals surface area contributed by atoms with Gasteiger partial charge in [-0.3, -0.25) is 0 Å². The lowest BCUT2D eigenvalue weighted by Gasteiger charge is -2.14. The highest BCUT2D eigenvalue weighted by Crippen LogP contribution is 2.28. The fourth-order valence-corrected chi connectivity index (χ4v) is 2.44. The summed E-state index contributed by atoms with van der Waals surface area (Å²) in [5, 5.41) is 6.96. The van der Waals surface area contributed by atoms with Crippen molar-refractivity contribution >= 4 is 6.21 Å². The van der Waals surface area contributed by atoms with Gasteiger partial charge in [0.05, 0.1) is 12.8 Å². The minimum absolute atomic E-state index is 0.598. The fourth-order valence-electron chi connectivity index (χ4n) is 2.44. The molecule has 1 aromatic rings. The van der Waals surface area contributed by atoms with Crippen molar-refractivity contribution < 1.29 is 14.3 Å². The van der Waals surface area contributed by atoms with Gasteiger partial charge in [0.15, 0.2) is 0 Å². The number of benzene rings is 1. The number of nitrogens with zero attached hydrogens (tertiary/aromatic N) is 1. The van der Waals surface area contributed by atoms with E-state index in [2.05, 4.69) is 29.2 Å². The Hall–Kier alpha value is -2.01. The maximum absolute atomic E-state index is 5.98. The normalized spacial score (nSPS) is 11.4. The van der Waals surface area contributed by atoms with Crippen LogP contribution in [0.4, 0.5) is 0 Å². The van der Waals surface area contributed by atoms with E-state index in [0.717, 1.165) is 61.6 Å². The van der Waals surface area contributed by atoms with Gasteiger partial charge in [-0.15, -0.1) is 0 Å². The number of hydrogen-bond acceptors (Lipinski definition) is 5. The first-order valence-corrected chi connectivity index (χ1v) is 8.92. The number of ether oxygens (including phenoxy) is 2. The fraction of sp³-hybridized carbons (Fsp3) is 0.550. The number of nitrogens with one attached hydrogen (secondary N) is 1. The molecule has 1 N–H and O–H groups in total. The number of rotatable bonds is 13. The summed E-state index contributed by atoms with van der Waals surface area (Å²) in [7, 11) is 1.55. The van der Waals surface area contributed by atoms with Crippen LogP contribution >= 0.6 is 0 Å². The number of hydrogen-bond donors (Lipinski definition) is 1. The van der Waals surface area contributed by atoms with Crippen LogP contribution in [0.3, 0.4) is 0 Å². The summed E-state index contributed by atoms with van der Waals surface area (Å²) in [5.74, 6) is 1.87. The van der Waals surface area contributed by atoms with Gasteiger partial charge in [-0.05, 0) is 69.8 Å². The van der Waals surface area contributed by atoms with Gasteiger partial charge in [0.2, 0.25) is 0 Å². The summed E-state index contributed by atoms with van der Waals surface area (Å²) < 4.78 is 11.7. The zero-order valence-corrected chi connectivity index (χ0v) is 16.0. The van der Waals surface area contributed by atoms with Crippen LogP contribution in [0.15, 0.2) is 29.4 Å². The van der Waals surface area contributed by atoms with Gasteiger partial charge in [-0.2, -0.15) is 0 Å². The number of aryl methyl sites for hydroxylation is 2. The van der Waals surface area contributed by atoms with E-state index in [9.17, 15) is 0 Å². The van der Waals surface area contributed by atoms with Gasteiger partial charge in [0.1, 0.15) is 25.2 Å². The van der Waals surface area contributed by atoms with E-state index in [1.54, 1.807) is 13.3 Å². The molecule has 5 nitrogen and oxygen atoms in total. The highest BCUT2D eigenvalue weighted by atomic mass is 16.6. The van der Waals surface area contributed by atoms with Crippen molar-refractivity contribution in [3.8, 4) is 11.5 Å². The molecular weight excluding hydrogens is 316 g/mol. The maximum Gasteiger partial charge on any atom is 0.125 e. The van der Waals surface area contributed by atoms with Gasteiger partial charge in [0.25, 0.3) is 0 Å². The van der Waals surface area contributed by atoms with Crippen molar-refractivity contribution in [1.82, 2.24) is 5.32 Å². The minimum atomic E-state index is 0.598. The smallest absolute Gasteiger partial charge is 0.125 e. The van der Waals surface area contributed by atoms with Gasteiger partial charge >= 0.3 is 0 Å². The van der Waals surface area contributed by atoms with Crippen molar-refractivity contribution in [3.63, 3.8) is 0 Å². The summed E-state index contributed by atoms with van der Waals surface area (Å²) in [6, 6.07) is 4.08. The molecule has 0 amide bonds. The Morgan fingerprint density at radius 1 is 1.08 bits per heavy atom. The molecule has 0 heterocycles. The summed E-state index contributed by atoms with van der Waals surface area (Å²) in [6.07, 6.45) is 9.01. The summed E-state index contributed by atoms with van der Waals surface area (Å²) >= 11 is 0. The summed E-state index contributed by atoms with van der Waals surface area (Å²) in [4.78, 5) is 4.60. The molecule has 0 unspecified atom stereocenters. The average Bonchev–Trinajstić information content (AvgIpc) is 2.59. The van der Waals surface area contributed by atoms with E-state index >= 15 is 0 Å². The largest absolute Gasteiger partial charge is 0.493 e. The maximum atomic E-state index is 5.98. The third-order valence-corrected chi connectivity index (χ3v) is 3.68. The molecule has 140 valence electrons. The van der Waals surface area contributed by atoms with Gasteiger partial charge < -0.3 is 19.6 Å². The molecule has 0 aromatic heterocycles. The van der Waals surface area contributed by atoms with Crippen LogP contribution in [0, 0.1) is 13.8 Å². The molecule has 0 aliphatic carbocycles. The van der Waals surface area contributed by atoms with Crippen molar-refractivity contribution in [2.24, 2.45) is 5.16 Å². The number of unbranched alkanes of at least 4 members (excludes halogenated alkanes) is 2. The molecule has 0 bridgehead atoms. The first kappa shape index (κ1) is 21.0. The predicted octanol–water partition coefficient (Wildman–Crippen LogP) is 4.03. The molecule has 1 aromatic carbocycles. The van der Waals surface area contributed by atoms with E-state index in [1.165, 1.54) is 0 Å². The molecule has 5 heteroatoms. The third-order valence-electron chi connectivity index (χ3n) is 3.68. The quantitative estimate of drug-likeness (QED) is 0.253. The van der Waals surface area contributed by atoms with Crippen molar-refractivity contribution in [1.29, 1.82) is 0 Å². The molecule has 0 saturated heterocycles. The molecule has 0 fully saturated rings. The van der Waals surface area contributed by atoms with Gasteiger partial charge in [0, 0.05) is 6.54 Å². The van der Waals surface area contributed by atoms with Crippen molar-refractivity contribution in [2.75, 3.05) is 33.4 Å². The zero-order chi connectivity index (χ0) is 18.3. The highest BCUT2D eigenvalue weighted by molar-refractivity contribution is 5.58. The molecule has 0 atom stereocenters. The van der Waals surface area contributed by atoms with Crippen LogP contribution in [0.1, 0.15) is 37.3 Å². The molecule has 0 spiro atoms. The zero-order valence-electron chi connectivity index (χ0n) is 16.0. The third kappa shape index (κ3) is 9.15. The number of oxime groups is 1. The van der Waals surface area contributed by atoms with Crippen LogP contribution in [-0.4, -0.2) is 39.6 Å². The topological polar surface area (TPSA) is 52.1 Å². The first-order chi connectivity index (χ1) is 12.2. The molecule has 0 aliphatic heterocycles. The number of allylic oxidation sites excluding steroid dienone is 1. The van der Waals surface area contributed by atoms with Crippen LogP contribution in [0.2, 0.25) is 0 Å². The van der Waals surface area contributed by atoms with Gasteiger partial charge in [-0.1, -0.05) is 17.3 Å². The van der Waals surface area contributed by atoms with E-state index in [0.29, 0.717) is 6.61 Å². The standard InChI is InChI=1S/C20H32N2O3/c1-5-6-13-24-19-15-17(2)20(18(3)16-19)25-14-9-7-8-10-21-11-12-22-23-4/h5-6,12,15-16,21H,7-11,13-14H2,1-4H3/b6-5+,22-12?. The second-order valence-electron chi connectivity index (χ2n) is 5.85. The second-order valence-corrected chi connectivity index (χ2v) is 5.85. The average molecular weight is 348 g/mol. The van der Waals surface area contributed by atoms with E-state index in [4.69, 9.17) is 9.47 Å². The molecule has 0 saturated carbocycles. The first-order valence-electron chi connectivity index (χ1n) is 8.92. The Morgan fingerprint density at radius 3 is 2.52 bits per heavy atom. The SMILES string of the molecule is C/C=C/COc1cc(C)c(OCCCCCNCC=NOC)c(C)c1. The lowest BCUT2D eigenvalue weighted by atomic mass is 10.1. The van der Waals surface area contributed by atoms with Crippen LogP contribution in [0.5, 0.6) is 11.5 Å². The Labute approximate surface area is 152 Å². The Morgan fingerprint density at radius 2 is 1.84 bits per heavy atom. The highest BCUT2D eigenvalue weighted by Gasteiger charge is 2.07. The van der Waals surface area contributed by atoms with E-state index < -0.39 is 0 Å².